The Morgan fingerprint density at radius 1 is 1.42 bits per heavy atom. The van der Waals surface area contributed by atoms with Crippen LogP contribution in [0.15, 0.2) is 21.5 Å². The van der Waals surface area contributed by atoms with Crippen LogP contribution in [0, 0.1) is 11.7 Å². The maximum Gasteiger partial charge on any atom is 0.246 e. The summed E-state index contributed by atoms with van der Waals surface area (Å²) in [6.07, 6.45) is 0.785. The number of sulfonamides is 1. The third kappa shape index (κ3) is 2.64. The highest BCUT2D eigenvalue weighted by atomic mass is 79.9. The average Bonchev–Trinajstić information content (AvgIpc) is 2.63. The molecular formula is C12H16BrFN2O2S. The van der Waals surface area contributed by atoms with E-state index in [4.69, 9.17) is 5.73 Å². The molecule has 19 heavy (non-hydrogen) atoms. The van der Waals surface area contributed by atoms with Crippen molar-refractivity contribution in [3.63, 3.8) is 0 Å². The molecule has 1 heterocycles. The molecule has 4 nitrogen and oxygen atoms in total. The smallest absolute Gasteiger partial charge is 0.246 e. The Balaban J connectivity index is 2.49. The van der Waals surface area contributed by atoms with Gasteiger partial charge in [-0.15, -0.1) is 0 Å². The first-order valence-electron chi connectivity index (χ1n) is 6.00. The van der Waals surface area contributed by atoms with Gasteiger partial charge in [0.15, 0.2) is 0 Å². The molecule has 0 radical (unpaired) electrons. The fourth-order valence-electron chi connectivity index (χ4n) is 2.47. The topological polar surface area (TPSA) is 63.4 Å². The normalized spacial score (nSPS) is 24.8. The van der Waals surface area contributed by atoms with Crippen LogP contribution in [-0.2, 0) is 10.0 Å². The van der Waals surface area contributed by atoms with Gasteiger partial charge < -0.3 is 5.73 Å². The lowest BCUT2D eigenvalue weighted by Crippen LogP contribution is -2.34. The van der Waals surface area contributed by atoms with E-state index in [9.17, 15) is 12.8 Å². The second-order valence-corrected chi connectivity index (χ2v) is 7.78. The Morgan fingerprint density at radius 3 is 2.58 bits per heavy atom. The summed E-state index contributed by atoms with van der Waals surface area (Å²) in [5, 5.41) is 0. The number of hydrogen-bond acceptors (Lipinski definition) is 3. The van der Waals surface area contributed by atoms with E-state index in [0.717, 1.165) is 12.5 Å². The summed E-state index contributed by atoms with van der Waals surface area (Å²) in [5.41, 5.74) is 5.86. The van der Waals surface area contributed by atoms with Crippen molar-refractivity contribution < 1.29 is 12.8 Å². The summed E-state index contributed by atoms with van der Waals surface area (Å²) in [6, 6.07) is 2.14. The molecule has 0 bridgehead atoms. The number of nitrogen functional groups attached to an aromatic ring is 1. The number of halogens is 2. The Kier molecular flexibility index (Phi) is 3.90. The lowest BCUT2D eigenvalue weighted by molar-refractivity contribution is 0.402. The zero-order valence-corrected chi connectivity index (χ0v) is 13.1. The molecular weight excluding hydrogens is 335 g/mol. The van der Waals surface area contributed by atoms with Crippen LogP contribution in [0.4, 0.5) is 10.1 Å². The molecule has 0 amide bonds. The zero-order chi connectivity index (χ0) is 14.4. The number of hydrogen-bond donors (Lipinski definition) is 1. The van der Waals surface area contributed by atoms with Crippen LogP contribution in [0.25, 0.3) is 0 Å². The Labute approximate surface area is 121 Å². The van der Waals surface area contributed by atoms with Crippen molar-refractivity contribution in [1.29, 1.82) is 0 Å². The minimum Gasteiger partial charge on any atom is -0.398 e. The summed E-state index contributed by atoms with van der Waals surface area (Å²) >= 11 is 3.08. The van der Waals surface area contributed by atoms with E-state index in [-0.39, 0.29) is 22.5 Å². The lowest BCUT2D eigenvalue weighted by Gasteiger charge is -2.21. The molecule has 1 aliphatic heterocycles. The molecule has 0 aromatic heterocycles. The first kappa shape index (κ1) is 14.7. The highest BCUT2D eigenvalue weighted by Crippen LogP contribution is 2.32. The molecule has 1 aromatic carbocycles. The summed E-state index contributed by atoms with van der Waals surface area (Å²) in [5.74, 6) is -0.506. The van der Waals surface area contributed by atoms with Crippen LogP contribution in [0.3, 0.4) is 0 Å². The first-order valence-corrected chi connectivity index (χ1v) is 8.23. The molecule has 7 heteroatoms. The molecule has 1 saturated heterocycles. The maximum absolute atomic E-state index is 13.9. The predicted octanol–water partition coefficient (Wildman–Crippen LogP) is 2.59. The van der Waals surface area contributed by atoms with Crippen LogP contribution in [0.5, 0.6) is 0 Å². The van der Waals surface area contributed by atoms with Gasteiger partial charge in [-0.2, -0.15) is 4.31 Å². The van der Waals surface area contributed by atoms with E-state index in [1.165, 1.54) is 10.4 Å². The van der Waals surface area contributed by atoms with Crippen LogP contribution in [0.2, 0.25) is 0 Å². The summed E-state index contributed by atoms with van der Waals surface area (Å²) in [6.45, 7) is 4.23. The quantitative estimate of drug-likeness (QED) is 0.833. The SMILES string of the molecule is CC1CC(C)N(S(=O)(=O)c2cc(N)c(Br)cc2F)C1. The second kappa shape index (κ2) is 5.03. The molecule has 106 valence electrons. The van der Waals surface area contributed by atoms with Crippen molar-refractivity contribution in [2.45, 2.75) is 31.2 Å². The Hall–Kier alpha value is -0.660. The van der Waals surface area contributed by atoms with E-state index in [1.807, 2.05) is 13.8 Å². The van der Waals surface area contributed by atoms with Crippen molar-refractivity contribution in [3.05, 3.63) is 22.4 Å². The minimum atomic E-state index is -3.83. The van der Waals surface area contributed by atoms with Gasteiger partial charge in [0.1, 0.15) is 10.7 Å². The predicted molar refractivity (Wildman–Crippen MR) is 75.6 cm³/mol. The monoisotopic (exact) mass is 350 g/mol. The fourth-order valence-corrected chi connectivity index (χ4v) is 4.63. The van der Waals surface area contributed by atoms with Gasteiger partial charge >= 0.3 is 0 Å². The van der Waals surface area contributed by atoms with Crippen molar-refractivity contribution in [2.24, 2.45) is 5.92 Å². The molecule has 2 unspecified atom stereocenters. The second-order valence-electron chi connectivity index (χ2n) is 5.07. The first-order chi connectivity index (χ1) is 8.73. The van der Waals surface area contributed by atoms with Gasteiger partial charge in [-0.1, -0.05) is 6.92 Å². The zero-order valence-electron chi connectivity index (χ0n) is 10.7. The standard InChI is InChI=1S/C12H16BrFN2O2S/c1-7-3-8(2)16(6-7)19(17,18)12-5-11(15)9(13)4-10(12)14/h4-5,7-8H,3,6,15H2,1-2H3. The fraction of sp³-hybridized carbons (Fsp3) is 0.500. The third-order valence-corrected chi connectivity index (χ3v) is 6.05. The number of benzene rings is 1. The molecule has 0 aliphatic carbocycles. The highest BCUT2D eigenvalue weighted by molar-refractivity contribution is 9.10. The summed E-state index contributed by atoms with van der Waals surface area (Å²) in [7, 11) is -3.83. The van der Waals surface area contributed by atoms with Gasteiger partial charge in [-0.05, 0) is 47.3 Å². The lowest BCUT2D eigenvalue weighted by atomic mass is 10.1. The van der Waals surface area contributed by atoms with Crippen molar-refractivity contribution in [1.82, 2.24) is 4.31 Å². The van der Waals surface area contributed by atoms with E-state index in [2.05, 4.69) is 15.9 Å². The van der Waals surface area contributed by atoms with Gasteiger partial charge in [0, 0.05) is 22.7 Å². The van der Waals surface area contributed by atoms with Crippen molar-refractivity contribution >= 4 is 31.6 Å². The number of nitrogens with zero attached hydrogens (tertiary/aromatic N) is 1. The average molecular weight is 351 g/mol. The van der Waals surface area contributed by atoms with Gasteiger partial charge in [0.25, 0.3) is 0 Å². The molecule has 0 saturated carbocycles. The maximum atomic E-state index is 13.9. The number of nitrogens with two attached hydrogens (primary N) is 1. The van der Waals surface area contributed by atoms with E-state index in [0.29, 0.717) is 11.0 Å². The molecule has 1 aromatic rings. The summed E-state index contributed by atoms with van der Waals surface area (Å²) < 4.78 is 40.6. The van der Waals surface area contributed by atoms with Gasteiger partial charge in [-0.25, -0.2) is 12.8 Å². The van der Waals surface area contributed by atoms with Crippen LogP contribution in [0.1, 0.15) is 20.3 Å². The number of rotatable bonds is 2. The molecule has 1 fully saturated rings. The van der Waals surface area contributed by atoms with Gasteiger partial charge in [-0.3, -0.25) is 0 Å². The Bertz CT molecular complexity index is 606. The van der Waals surface area contributed by atoms with Gasteiger partial charge in [0.05, 0.1) is 0 Å². The van der Waals surface area contributed by atoms with Crippen LogP contribution in [-0.4, -0.2) is 25.3 Å². The Morgan fingerprint density at radius 2 is 2.05 bits per heavy atom. The molecule has 2 rings (SSSR count). The van der Waals surface area contributed by atoms with Crippen LogP contribution >= 0.6 is 15.9 Å². The van der Waals surface area contributed by atoms with Crippen molar-refractivity contribution in [2.75, 3.05) is 12.3 Å². The van der Waals surface area contributed by atoms with Crippen molar-refractivity contribution in [3.8, 4) is 0 Å². The van der Waals surface area contributed by atoms with E-state index >= 15 is 0 Å². The molecule has 1 aliphatic rings. The minimum absolute atomic E-state index is 0.121. The van der Waals surface area contributed by atoms with Gasteiger partial charge in [0.2, 0.25) is 10.0 Å². The largest absolute Gasteiger partial charge is 0.398 e. The third-order valence-electron chi connectivity index (χ3n) is 3.36. The number of anilines is 1. The molecule has 2 N–H and O–H groups in total. The van der Waals surface area contributed by atoms with E-state index < -0.39 is 15.8 Å². The highest BCUT2D eigenvalue weighted by Gasteiger charge is 2.37. The summed E-state index contributed by atoms with van der Waals surface area (Å²) in [4.78, 5) is -0.353. The molecule has 0 spiro atoms. The van der Waals surface area contributed by atoms with Crippen LogP contribution < -0.4 is 5.73 Å². The molecule has 2 atom stereocenters. The van der Waals surface area contributed by atoms with E-state index in [1.54, 1.807) is 0 Å².